The summed E-state index contributed by atoms with van der Waals surface area (Å²) in [4.78, 5) is 29.0. The van der Waals surface area contributed by atoms with E-state index in [0.29, 0.717) is 5.69 Å². The van der Waals surface area contributed by atoms with Gasteiger partial charge in [0.2, 0.25) is 5.95 Å². The number of para-hydroxylation sites is 1. The van der Waals surface area contributed by atoms with E-state index in [9.17, 15) is 14.7 Å². The lowest BCUT2D eigenvalue weighted by Crippen LogP contribution is -2.45. The fourth-order valence-electron chi connectivity index (χ4n) is 2.40. The molecule has 1 aliphatic rings. The molecule has 2 amide bonds. The fraction of sp³-hybridized carbons (Fsp3) is 0.231. The Hall–Kier alpha value is -2.90. The number of nitrogens with zero attached hydrogens (tertiary/aromatic N) is 4. The van der Waals surface area contributed by atoms with Crippen LogP contribution >= 0.6 is 0 Å². The van der Waals surface area contributed by atoms with Gasteiger partial charge in [0.25, 0.3) is 0 Å². The second-order valence-electron chi connectivity index (χ2n) is 4.69. The van der Waals surface area contributed by atoms with Crippen molar-refractivity contribution < 1.29 is 14.7 Å². The van der Waals surface area contributed by atoms with E-state index in [4.69, 9.17) is 0 Å². The molecule has 0 bridgehead atoms. The molecule has 1 aliphatic heterocycles. The number of carboxylic acid groups (broad SMARTS) is 1. The Morgan fingerprint density at radius 2 is 2.14 bits per heavy atom. The van der Waals surface area contributed by atoms with Gasteiger partial charge in [0.05, 0.1) is 0 Å². The SMILES string of the molecule is Cn1ncnc1NC(=O)N1c2ccccc2CC1C(=O)O. The van der Waals surface area contributed by atoms with Crippen LogP contribution in [0.15, 0.2) is 30.6 Å². The van der Waals surface area contributed by atoms with Crippen molar-refractivity contribution in [3.63, 3.8) is 0 Å². The van der Waals surface area contributed by atoms with Crippen molar-refractivity contribution in [3.8, 4) is 0 Å². The average molecular weight is 287 g/mol. The number of aromatic nitrogens is 3. The van der Waals surface area contributed by atoms with E-state index in [1.54, 1.807) is 19.2 Å². The van der Waals surface area contributed by atoms with Crippen molar-refractivity contribution in [1.82, 2.24) is 14.8 Å². The highest BCUT2D eigenvalue weighted by Crippen LogP contribution is 2.32. The molecule has 0 fully saturated rings. The number of rotatable bonds is 2. The van der Waals surface area contributed by atoms with Crippen LogP contribution < -0.4 is 10.2 Å². The van der Waals surface area contributed by atoms with Crippen LogP contribution in [0.4, 0.5) is 16.4 Å². The van der Waals surface area contributed by atoms with Gasteiger partial charge < -0.3 is 5.11 Å². The number of benzene rings is 1. The van der Waals surface area contributed by atoms with Gasteiger partial charge in [-0.25, -0.2) is 14.3 Å². The first-order valence-electron chi connectivity index (χ1n) is 6.33. The molecule has 2 aromatic rings. The third-order valence-corrected chi connectivity index (χ3v) is 3.41. The van der Waals surface area contributed by atoms with Crippen LogP contribution in [0.5, 0.6) is 0 Å². The number of carboxylic acids is 1. The number of nitrogens with one attached hydrogen (secondary N) is 1. The standard InChI is InChI=1S/C13H13N5O3/c1-17-12(14-7-15-17)16-13(21)18-9-5-3-2-4-8(9)6-10(18)11(19)20/h2-5,7,10H,6H2,1H3,(H,19,20)(H,14,15,16,21). The summed E-state index contributed by atoms with van der Waals surface area (Å²) in [7, 11) is 1.63. The van der Waals surface area contributed by atoms with Gasteiger partial charge in [-0.05, 0) is 11.6 Å². The number of urea groups is 1. The van der Waals surface area contributed by atoms with Crippen molar-refractivity contribution in [1.29, 1.82) is 0 Å². The van der Waals surface area contributed by atoms with E-state index in [2.05, 4.69) is 15.4 Å². The number of anilines is 2. The molecule has 0 radical (unpaired) electrons. The van der Waals surface area contributed by atoms with Crippen LogP contribution in [0.25, 0.3) is 0 Å². The molecular formula is C13H13N5O3. The molecule has 2 heterocycles. The third-order valence-electron chi connectivity index (χ3n) is 3.41. The molecule has 8 nitrogen and oxygen atoms in total. The smallest absolute Gasteiger partial charge is 0.329 e. The molecule has 0 spiro atoms. The third kappa shape index (κ3) is 2.20. The van der Waals surface area contributed by atoms with Crippen molar-refractivity contribution >= 4 is 23.6 Å². The zero-order chi connectivity index (χ0) is 15.0. The highest BCUT2D eigenvalue weighted by Gasteiger charge is 2.38. The molecule has 1 aromatic carbocycles. The van der Waals surface area contributed by atoms with Gasteiger partial charge in [-0.1, -0.05) is 18.2 Å². The molecule has 0 saturated carbocycles. The topological polar surface area (TPSA) is 100 Å². The Morgan fingerprint density at radius 1 is 1.38 bits per heavy atom. The van der Waals surface area contributed by atoms with Crippen molar-refractivity contribution in [2.45, 2.75) is 12.5 Å². The summed E-state index contributed by atoms with van der Waals surface area (Å²) >= 11 is 0. The van der Waals surface area contributed by atoms with Gasteiger partial charge in [0.1, 0.15) is 12.4 Å². The molecule has 1 aromatic heterocycles. The Balaban J connectivity index is 1.92. The monoisotopic (exact) mass is 287 g/mol. The summed E-state index contributed by atoms with van der Waals surface area (Å²) in [6, 6.07) is 5.68. The van der Waals surface area contributed by atoms with E-state index in [1.165, 1.54) is 15.9 Å². The van der Waals surface area contributed by atoms with Gasteiger partial charge in [0.15, 0.2) is 0 Å². The minimum Gasteiger partial charge on any atom is -0.480 e. The number of carbonyl (C=O) groups is 2. The van der Waals surface area contributed by atoms with Crippen LogP contribution in [0.1, 0.15) is 5.56 Å². The zero-order valence-electron chi connectivity index (χ0n) is 11.2. The Bertz CT molecular complexity index is 711. The molecule has 0 aliphatic carbocycles. The van der Waals surface area contributed by atoms with Crippen LogP contribution in [0.3, 0.4) is 0 Å². The minimum atomic E-state index is -1.04. The normalized spacial score (nSPS) is 16.6. The fourth-order valence-corrected chi connectivity index (χ4v) is 2.40. The second-order valence-corrected chi connectivity index (χ2v) is 4.69. The maximum absolute atomic E-state index is 12.4. The Labute approximate surface area is 120 Å². The van der Waals surface area contributed by atoms with Crippen molar-refractivity contribution in [2.75, 3.05) is 10.2 Å². The number of hydrogen-bond acceptors (Lipinski definition) is 4. The van der Waals surface area contributed by atoms with Crippen LogP contribution in [-0.4, -0.2) is 37.9 Å². The van der Waals surface area contributed by atoms with Gasteiger partial charge in [-0.3, -0.25) is 10.2 Å². The molecule has 21 heavy (non-hydrogen) atoms. The van der Waals surface area contributed by atoms with Crippen molar-refractivity contribution in [2.24, 2.45) is 7.05 Å². The Morgan fingerprint density at radius 3 is 2.81 bits per heavy atom. The summed E-state index contributed by atoms with van der Waals surface area (Å²) in [5.41, 5.74) is 1.43. The lowest BCUT2D eigenvalue weighted by Gasteiger charge is -2.22. The maximum atomic E-state index is 12.4. The summed E-state index contributed by atoms with van der Waals surface area (Å²) in [5.74, 6) is -0.784. The molecule has 0 saturated heterocycles. The van der Waals surface area contributed by atoms with Gasteiger partial charge in [0, 0.05) is 19.2 Å². The van der Waals surface area contributed by atoms with Crippen LogP contribution in [0.2, 0.25) is 0 Å². The molecule has 1 atom stereocenters. The largest absolute Gasteiger partial charge is 0.480 e. The number of amides is 2. The zero-order valence-corrected chi connectivity index (χ0v) is 11.2. The number of fused-ring (bicyclic) bond motifs is 1. The first-order chi connectivity index (χ1) is 10.1. The predicted molar refractivity (Wildman–Crippen MR) is 74.1 cm³/mol. The Kier molecular flexibility index (Phi) is 3.05. The predicted octanol–water partition coefficient (Wildman–Crippen LogP) is 0.863. The van der Waals surface area contributed by atoms with E-state index in [0.717, 1.165) is 5.56 Å². The highest BCUT2D eigenvalue weighted by atomic mass is 16.4. The van der Waals surface area contributed by atoms with Gasteiger partial charge in [-0.2, -0.15) is 10.1 Å². The molecule has 2 N–H and O–H groups in total. The maximum Gasteiger partial charge on any atom is 0.329 e. The van der Waals surface area contributed by atoms with Gasteiger partial charge in [-0.15, -0.1) is 0 Å². The highest BCUT2D eigenvalue weighted by molar-refractivity contribution is 6.06. The summed E-state index contributed by atoms with van der Waals surface area (Å²) in [6.45, 7) is 0. The number of hydrogen-bond donors (Lipinski definition) is 2. The lowest BCUT2D eigenvalue weighted by molar-refractivity contribution is -0.138. The van der Waals surface area contributed by atoms with E-state index in [-0.39, 0.29) is 12.4 Å². The van der Waals surface area contributed by atoms with Crippen LogP contribution in [0, 0.1) is 0 Å². The van der Waals surface area contributed by atoms with Crippen molar-refractivity contribution in [3.05, 3.63) is 36.2 Å². The second kappa shape index (κ2) is 4.89. The minimum absolute atomic E-state index is 0.258. The van der Waals surface area contributed by atoms with E-state index in [1.807, 2.05) is 12.1 Å². The summed E-state index contributed by atoms with van der Waals surface area (Å²) in [5, 5.41) is 15.8. The number of aliphatic carboxylic acids is 1. The number of carbonyl (C=O) groups excluding carboxylic acids is 1. The summed E-state index contributed by atoms with van der Waals surface area (Å²) in [6.07, 6.45) is 1.60. The molecule has 8 heteroatoms. The van der Waals surface area contributed by atoms with Gasteiger partial charge >= 0.3 is 12.0 Å². The molecular weight excluding hydrogens is 274 g/mol. The first-order valence-corrected chi connectivity index (χ1v) is 6.33. The quantitative estimate of drug-likeness (QED) is 0.853. The number of aryl methyl sites for hydroxylation is 1. The van der Waals surface area contributed by atoms with E-state index >= 15 is 0 Å². The summed E-state index contributed by atoms with van der Waals surface area (Å²) < 4.78 is 1.40. The molecule has 3 rings (SSSR count). The van der Waals surface area contributed by atoms with Crippen LogP contribution in [-0.2, 0) is 18.3 Å². The molecule has 1 unspecified atom stereocenters. The first kappa shape index (κ1) is 13.1. The van der Waals surface area contributed by atoms with E-state index < -0.39 is 18.0 Å². The lowest BCUT2D eigenvalue weighted by atomic mass is 10.1. The average Bonchev–Trinajstić information content (AvgIpc) is 3.03. The molecule has 108 valence electrons.